The van der Waals surface area contributed by atoms with Crippen LogP contribution in [0.15, 0.2) is 52.7 Å². The first-order chi connectivity index (χ1) is 11.8. The summed E-state index contributed by atoms with van der Waals surface area (Å²) in [6.45, 7) is -0.575. The van der Waals surface area contributed by atoms with E-state index in [9.17, 15) is 21.8 Å². The molecule has 0 saturated carbocycles. The van der Waals surface area contributed by atoms with Gasteiger partial charge in [-0.3, -0.25) is 0 Å². The molecular formula is C15H14AsCrN2O6. The second kappa shape index (κ2) is 8.11. The summed E-state index contributed by atoms with van der Waals surface area (Å²) >= 11 is -2.44. The van der Waals surface area contributed by atoms with Crippen molar-refractivity contribution in [1.29, 1.82) is 0 Å². The molecule has 0 spiro atoms. The quantitative estimate of drug-likeness (QED) is 0.365. The van der Waals surface area contributed by atoms with Gasteiger partial charge >= 0.3 is 154 Å². The molecule has 2 rings (SSSR count). The van der Waals surface area contributed by atoms with Gasteiger partial charge < -0.3 is 0 Å². The molecule has 2 aromatic rings. The van der Waals surface area contributed by atoms with Crippen LogP contribution in [0.2, 0.25) is 0 Å². The Balaban J connectivity index is 2.44. The summed E-state index contributed by atoms with van der Waals surface area (Å²) in [5.74, 6) is -2.29. The zero-order valence-electron chi connectivity index (χ0n) is 12.7. The molecule has 0 radical (unpaired) electrons. The van der Waals surface area contributed by atoms with Crippen LogP contribution in [0.4, 0.5) is 11.4 Å². The summed E-state index contributed by atoms with van der Waals surface area (Å²) in [4.78, 5) is 11.2. The summed E-state index contributed by atoms with van der Waals surface area (Å²) in [6, 6.07) is 10.5. The molecule has 0 amide bonds. The first-order valence-electron chi connectivity index (χ1n) is 6.96. The van der Waals surface area contributed by atoms with Crippen molar-refractivity contribution in [3.8, 4) is 0 Å². The van der Waals surface area contributed by atoms with E-state index < -0.39 is 32.7 Å². The molecule has 0 aliphatic carbocycles. The molecule has 0 bridgehead atoms. The third-order valence-electron chi connectivity index (χ3n) is 3.34. The fourth-order valence-corrected chi connectivity index (χ4v) is 4.07. The second-order valence-electron chi connectivity index (χ2n) is 5.00. The zero-order chi connectivity index (χ0) is 18.6. The normalized spacial score (nSPS) is 13.1. The molecule has 0 fully saturated rings. The van der Waals surface area contributed by atoms with Crippen LogP contribution >= 0.6 is 0 Å². The molecule has 2 aromatic carbocycles. The molecule has 0 aliphatic heterocycles. The van der Waals surface area contributed by atoms with Crippen molar-refractivity contribution in [3.63, 3.8) is 0 Å². The maximum absolute atomic E-state index is 11.5. The Labute approximate surface area is 154 Å². The van der Waals surface area contributed by atoms with Crippen molar-refractivity contribution < 1.29 is 43.2 Å². The van der Waals surface area contributed by atoms with E-state index in [-0.39, 0.29) is 10.0 Å². The number of carboxylic acids is 1. The summed E-state index contributed by atoms with van der Waals surface area (Å²) in [6.07, 6.45) is 0. The molecule has 0 saturated heterocycles. The van der Waals surface area contributed by atoms with Crippen LogP contribution < -0.4 is 8.78 Å². The average molecular weight is 445 g/mol. The Bertz CT molecular complexity index is 867. The predicted molar refractivity (Wildman–Crippen MR) is 84.7 cm³/mol. The number of benzene rings is 2. The molecule has 8 nitrogen and oxygen atoms in total. The Morgan fingerprint density at radius 3 is 2.28 bits per heavy atom. The molecule has 1 atom stereocenters. The Hall–Kier alpha value is -1.72. The molecule has 25 heavy (non-hydrogen) atoms. The Kier molecular flexibility index (Phi) is 6.36. The Morgan fingerprint density at radius 1 is 1.08 bits per heavy atom. The zero-order valence-corrected chi connectivity index (χ0v) is 15.8. The van der Waals surface area contributed by atoms with Crippen molar-refractivity contribution in [1.82, 2.24) is 0 Å². The number of hydrogen-bond donors (Lipinski definition) is 4. The van der Waals surface area contributed by atoms with Crippen molar-refractivity contribution in [3.05, 3.63) is 48.0 Å². The SMILES string of the molecule is O=C(O)C(CO)c1cccc(N=Nc2ccccc2[As](=O)(O)O)[c]1[Cr]. The molecule has 1 unspecified atom stereocenters. The third-order valence-corrected chi connectivity index (χ3v) is 6.15. The van der Waals surface area contributed by atoms with E-state index in [2.05, 4.69) is 26.5 Å². The van der Waals surface area contributed by atoms with Gasteiger partial charge in [0.1, 0.15) is 0 Å². The number of nitrogens with zero attached hydrogens (tertiary/aromatic N) is 2. The van der Waals surface area contributed by atoms with Crippen LogP contribution in [0, 0.1) is 0 Å². The molecule has 0 heterocycles. The van der Waals surface area contributed by atoms with Gasteiger partial charge in [-0.05, 0) is 0 Å². The number of rotatable bonds is 6. The first kappa shape index (κ1) is 19.6. The third kappa shape index (κ3) is 4.67. The van der Waals surface area contributed by atoms with E-state index in [1.165, 1.54) is 18.2 Å². The standard InChI is InChI=1S/C15H14AsN2O6.Cr/c19-9-12(15(20)21)10-4-3-5-11(8-10)17-18-14-7-2-1-6-13(14)16(22,23)24;/h1-7,12,19H,9H2,(H,20,21)(H2,22,23,24);. The van der Waals surface area contributed by atoms with Gasteiger partial charge in [0.15, 0.2) is 0 Å². The van der Waals surface area contributed by atoms with Crippen LogP contribution in [0.5, 0.6) is 0 Å². The number of hydrogen-bond acceptors (Lipinski definition) is 5. The number of aliphatic hydroxyl groups is 1. The van der Waals surface area contributed by atoms with Gasteiger partial charge in [-0.25, -0.2) is 0 Å². The monoisotopic (exact) mass is 445 g/mol. The molecular weight excluding hydrogens is 431 g/mol. The molecule has 4 N–H and O–H groups in total. The van der Waals surface area contributed by atoms with Crippen molar-refractivity contribution >= 4 is 40.3 Å². The van der Waals surface area contributed by atoms with Gasteiger partial charge in [-0.1, -0.05) is 0 Å². The van der Waals surface area contributed by atoms with Crippen LogP contribution in [-0.2, 0) is 24.8 Å². The molecule has 10 heteroatoms. The van der Waals surface area contributed by atoms with Gasteiger partial charge in [0, 0.05) is 0 Å². The molecule has 131 valence electrons. The van der Waals surface area contributed by atoms with Gasteiger partial charge in [-0.2, -0.15) is 0 Å². The maximum atomic E-state index is 11.5. The second-order valence-corrected chi connectivity index (χ2v) is 8.93. The fraction of sp³-hybridized carbons (Fsp3) is 0.133. The number of aliphatic hydroxyl groups excluding tert-OH is 1. The van der Waals surface area contributed by atoms with Gasteiger partial charge in [-0.15, -0.1) is 0 Å². The van der Waals surface area contributed by atoms with E-state index in [4.69, 9.17) is 5.11 Å². The number of azo groups is 1. The van der Waals surface area contributed by atoms with Crippen LogP contribution in [0.25, 0.3) is 0 Å². The van der Waals surface area contributed by atoms with E-state index in [0.29, 0.717) is 15.7 Å². The van der Waals surface area contributed by atoms with Crippen LogP contribution in [0.3, 0.4) is 0 Å². The van der Waals surface area contributed by atoms with Crippen molar-refractivity contribution in [2.45, 2.75) is 5.92 Å². The van der Waals surface area contributed by atoms with Crippen LogP contribution in [-0.4, -0.2) is 45.2 Å². The van der Waals surface area contributed by atoms with E-state index in [1.54, 1.807) is 24.3 Å². The number of carbonyl (C=O) groups is 1. The van der Waals surface area contributed by atoms with E-state index >= 15 is 0 Å². The predicted octanol–water partition coefficient (Wildman–Crippen LogP) is -0.00440. The number of carboxylic acid groups (broad SMARTS) is 1. The van der Waals surface area contributed by atoms with Gasteiger partial charge in [0.2, 0.25) is 0 Å². The Morgan fingerprint density at radius 2 is 1.68 bits per heavy atom. The topological polar surface area (TPSA) is 140 Å². The van der Waals surface area contributed by atoms with Gasteiger partial charge in [0.25, 0.3) is 0 Å². The molecule has 0 aliphatic rings. The van der Waals surface area contributed by atoms with E-state index in [0.717, 1.165) is 0 Å². The average Bonchev–Trinajstić information content (AvgIpc) is 2.55. The minimum absolute atomic E-state index is 0.0387. The summed E-state index contributed by atoms with van der Waals surface area (Å²) < 4.78 is 30.6. The minimum atomic E-state index is -5.15. The van der Waals surface area contributed by atoms with E-state index in [1.807, 2.05) is 0 Å². The summed E-state index contributed by atoms with van der Waals surface area (Å²) in [5.41, 5.74) is 0.681. The van der Waals surface area contributed by atoms with Crippen LogP contribution in [0.1, 0.15) is 11.5 Å². The first-order valence-corrected chi connectivity index (χ1v) is 11.0. The van der Waals surface area contributed by atoms with Crippen molar-refractivity contribution in [2.24, 2.45) is 10.2 Å². The number of aliphatic carboxylic acids is 1. The summed E-state index contributed by atoms with van der Waals surface area (Å²) in [5, 5.41) is 26.3. The fourth-order valence-electron chi connectivity index (χ4n) is 2.11. The summed E-state index contributed by atoms with van der Waals surface area (Å²) in [7, 11) is 0. The molecule has 0 aromatic heterocycles. The van der Waals surface area contributed by atoms with Gasteiger partial charge in [0.05, 0.1) is 0 Å². The van der Waals surface area contributed by atoms with Crippen molar-refractivity contribution in [2.75, 3.05) is 6.61 Å².